The zero-order chi connectivity index (χ0) is 25.4. The Hall–Kier alpha value is -5.12. The Morgan fingerprint density at radius 1 is 0.946 bits per heavy atom. The summed E-state index contributed by atoms with van der Waals surface area (Å²) in [5.41, 5.74) is 7.50. The summed E-state index contributed by atoms with van der Waals surface area (Å²) in [6, 6.07) is 13.4. The molecule has 5 heterocycles. The summed E-state index contributed by atoms with van der Waals surface area (Å²) in [7, 11) is 1.64. The summed E-state index contributed by atoms with van der Waals surface area (Å²) in [5.74, 6) is 1.26. The summed E-state index contributed by atoms with van der Waals surface area (Å²) in [6.45, 7) is 1.80. The lowest BCUT2D eigenvalue weighted by atomic mass is 10.1. The van der Waals surface area contributed by atoms with Crippen molar-refractivity contribution in [2.75, 3.05) is 12.4 Å². The van der Waals surface area contributed by atoms with Crippen LogP contribution >= 0.6 is 0 Å². The minimum Gasteiger partial charge on any atom is -0.497 e. The number of methoxy groups -OCH3 is 1. The van der Waals surface area contributed by atoms with Gasteiger partial charge in [-0.05, 0) is 35.9 Å². The third-order valence-electron chi connectivity index (χ3n) is 6.05. The van der Waals surface area contributed by atoms with E-state index in [1.54, 1.807) is 38.8 Å². The standard InChI is InChI=1S/C27H22N8O2/c1-3-23(36)30-17-9-16(11-28-12-17)20-7-8-21-25(31-20)26(35-34-21)27-32-22-14-29-13-19(24(22)33-27)15-5-4-6-18(10-15)37-2/h4-14H,3H2,1-2H3,(H,30,36)(H,32,33)(H,34,35). The van der Waals surface area contributed by atoms with Gasteiger partial charge in [0.1, 0.15) is 11.3 Å². The molecule has 0 atom stereocenters. The number of pyridine rings is 3. The van der Waals surface area contributed by atoms with Gasteiger partial charge in [0.2, 0.25) is 5.91 Å². The smallest absolute Gasteiger partial charge is 0.224 e. The number of rotatable bonds is 6. The van der Waals surface area contributed by atoms with Crippen LogP contribution in [0, 0.1) is 0 Å². The van der Waals surface area contributed by atoms with Crippen molar-refractivity contribution in [2.45, 2.75) is 13.3 Å². The van der Waals surface area contributed by atoms with Crippen molar-refractivity contribution in [1.82, 2.24) is 35.1 Å². The molecule has 0 aliphatic carbocycles. The fraction of sp³-hybridized carbons (Fsp3) is 0.111. The molecule has 1 aromatic carbocycles. The number of benzene rings is 1. The number of amides is 1. The summed E-state index contributed by atoms with van der Waals surface area (Å²) in [5, 5.41) is 10.4. The summed E-state index contributed by atoms with van der Waals surface area (Å²) in [6.07, 6.45) is 7.24. The van der Waals surface area contributed by atoms with Crippen molar-refractivity contribution in [3.05, 3.63) is 67.3 Å². The van der Waals surface area contributed by atoms with Gasteiger partial charge in [0, 0.05) is 29.9 Å². The van der Waals surface area contributed by atoms with E-state index in [1.807, 2.05) is 42.5 Å². The van der Waals surface area contributed by atoms with Gasteiger partial charge in [0.05, 0.1) is 47.4 Å². The number of carbonyl (C=O) groups is 1. The van der Waals surface area contributed by atoms with E-state index in [-0.39, 0.29) is 5.91 Å². The van der Waals surface area contributed by atoms with Crippen LogP contribution in [0.3, 0.4) is 0 Å². The maximum atomic E-state index is 11.8. The molecule has 6 aromatic rings. The average Bonchev–Trinajstić information content (AvgIpc) is 3.56. The molecule has 0 saturated heterocycles. The number of nitrogens with one attached hydrogen (secondary N) is 3. The van der Waals surface area contributed by atoms with Gasteiger partial charge in [-0.2, -0.15) is 5.10 Å². The lowest BCUT2D eigenvalue weighted by Gasteiger charge is -2.06. The third-order valence-corrected chi connectivity index (χ3v) is 6.05. The first-order valence-corrected chi connectivity index (χ1v) is 11.7. The molecule has 6 rings (SSSR count). The van der Waals surface area contributed by atoms with E-state index in [1.165, 1.54) is 0 Å². The fourth-order valence-corrected chi connectivity index (χ4v) is 4.17. The number of anilines is 1. The monoisotopic (exact) mass is 490 g/mol. The molecule has 5 aromatic heterocycles. The molecule has 10 nitrogen and oxygen atoms in total. The number of imidazole rings is 1. The molecule has 0 unspecified atom stereocenters. The Labute approximate surface area is 211 Å². The lowest BCUT2D eigenvalue weighted by Crippen LogP contribution is -2.09. The van der Waals surface area contributed by atoms with E-state index in [2.05, 4.69) is 30.5 Å². The van der Waals surface area contributed by atoms with E-state index >= 15 is 0 Å². The van der Waals surface area contributed by atoms with E-state index < -0.39 is 0 Å². The van der Waals surface area contributed by atoms with Crippen LogP contribution in [0.5, 0.6) is 5.75 Å². The maximum Gasteiger partial charge on any atom is 0.224 e. The van der Waals surface area contributed by atoms with E-state index in [0.717, 1.165) is 39.0 Å². The van der Waals surface area contributed by atoms with Crippen LogP contribution in [0.15, 0.2) is 67.3 Å². The number of aromatic nitrogens is 7. The zero-order valence-corrected chi connectivity index (χ0v) is 20.1. The molecule has 1 amide bonds. The third kappa shape index (κ3) is 4.14. The van der Waals surface area contributed by atoms with Crippen LogP contribution < -0.4 is 10.1 Å². The highest BCUT2D eigenvalue weighted by atomic mass is 16.5. The largest absolute Gasteiger partial charge is 0.497 e. The molecule has 10 heteroatoms. The first kappa shape index (κ1) is 22.4. The molecule has 3 N–H and O–H groups in total. The molecule has 0 saturated carbocycles. The summed E-state index contributed by atoms with van der Waals surface area (Å²) < 4.78 is 5.38. The molecular weight excluding hydrogens is 468 g/mol. The molecule has 0 spiro atoms. The average molecular weight is 491 g/mol. The van der Waals surface area contributed by atoms with Gasteiger partial charge in [-0.25, -0.2) is 9.97 Å². The normalized spacial score (nSPS) is 11.2. The van der Waals surface area contributed by atoms with Crippen LogP contribution in [0.4, 0.5) is 5.69 Å². The second kappa shape index (κ2) is 9.15. The number of hydrogen-bond donors (Lipinski definition) is 3. The number of fused-ring (bicyclic) bond motifs is 2. The van der Waals surface area contributed by atoms with Crippen LogP contribution in [-0.2, 0) is 4.79 Å². The Balaban J connectivity index is 1.42. The molecule has 37 heavy (non-hydrogen) atoms. The van der Waals surface area contributed by atoms with Crippen molar-refractivity contribution in [3.63, 3.8) is 0 Å². The van der Waals surface area contributed by atoms with E-state index in [4.69, 9.17) is 14.7 Å². The van der Waals surface area contributed by atoms with Crippen LogP contribution in [0.1, 0.15) is 13.3 Å². The Bertz CT molecular complexity index is 1770. The minimum atomic E-state index is -0.0767. The fourth-order valence-electron chi connectivity index (χ4n) is 4.17. The Morgan fingerprint density at radius 2 is 1.84 bits per heavy atom. The Kier molecular flexibility index (Phi) is 5.53. The summed E-state index contributed by atoms with van der Waals surface area (Å²) in [4.78, 5) is 33.5. The highest BCUT2D eigenvalue weighted by Gasteiger charge is 2.17. The number of H-pyrrole nitrogens is 2. The number of aromatic amines is 2. The first-order chi connectivity index (χ1) is 18.1. The second-order valence-corrected chi connectivity index (χ2v) is 8.43. The van der Waals surface area contributed by atoms with Crippen LogP contribution in [0.25, 0.3) is 56.0 Å². The van der Waals surface area contributed by atoms with Crippen LogP contribution in [-0.4, -0.2) is 48.1 Å². The van der Waals surface area contributed by atoms with Gasteiger partial charge in [-0.3, -0.25) is 19.9 Å². The van der Waals surface area contributed by atoms with Gasteiger partial charge < -0.3 is 15.0 Å². The predicted octanol–water partition coefficient (Wildman–Crippen LogP) is 4.98. The van der Waals surface area contributed by atoms with Gasteiger partial charge >= 0.3 is 0 Å². The number of hydrogen-bond acceptors (Lipinski definition) is 7. The second-order valence-electron chi connectivity index (χ2n) is 8.43. The van der Waals surface area contributed by atoms with E-state index in [0.29, 0.717) is 34.8 Å². The molecular formula is C27H22N8O2. The van der Waals surface area contributed by atoms with Crippen molar-refractivity contribution < 1.29 is 9.53 Å². The molecule has 0 fully saturated rings. The molecule has 0 aliphatic rings. The van der Waals surface area contributed by atoms with Crippen molar-refractivity contribution in [1.29, 1.82) is 0 Å². The Morgan fingerprint density at radius 3 is 2.70 bits per heavy atom. The van der Waals surface area contributed by atoms with Crippen LogP contribution in [0.2, 0.25) is 0 Å². The van der Waals surface area contributed by atoms with Crippen molar-refractivity contribution in [2.24, 2.45) is 0 Å². The summed E-state index contributed by atoms with van der Waals surface area (Å²) >= 11 is 0. The number of carbonyl (C=O) groups excluding carboxylic acids is 1. The quantitative estimate of drug-likeness (QED) is 0.300. The maximum absolute atomic E-state index is 11.8. The highest BCUT2D eigenvalue weighted by Crippen LogP contribution is 2.32. The zero-order valence-electron chi connectivity index (χ0n) is 20.1. The van der Waals surface area contributed by atoms with Gasteiger partial charge in [0.15, 0.2) is 11.5 Å². The van der Waals surface area contributed by atoms with Crippen molar-refractivity contribution >= 4 is 33.7 Å². The van der Waals surface area contributed by atoms with Crippen molar-refractivity contribution in [3.8, 4) is 39.7 Å². The highest BCUT2D eigenvalue weighted by molar-refractivity contribution is 5.96. The molecule has 0 radical (unpaired) electrons. The van der Waals surface area contributed by atoms with Gasteiger partial charge in [-0.15, -0.1) is 0 Å². The van der Waals surface area contributed by atoms with E-state index in [9.17, 15) is 4.79 Å². The SMILES string of the molecule is CCC(=O)Nc1cncc(-c2ccc3[nH]nc(-c4nc5c(-c6cccc(OC)c6)cncc5[nH]4)c3n2)c1. The molecule has 0 aliphatic heterocycles. The first-order valence-electron chi connectivity index (χ1n) is 11.7. The van der Waals surface area contributed by atoms with Gasteiger partial charge in [0.25, 0.3) is 0 Å². The minimum absolute atomic E-state index is 0.0767. The number of ether oxygens (including phenoxy) is 1. The molecule has 0 bridgehead atoms. The predicted molar refractivity (Wildman–Crippen MR) is 141 cm³/mol. The lowest BCUT2D eigenvalue weighted by molar-refractivity contribution is -0.115. The number of nitrogens with zero attached hydrogens (tertiary/aromatic N) is 5. The van der Waals surface area contributed by atoms with Gasteiger partial charge in [-0.1, -0.05) is 19.1 Å². The topological polar surface area (TPSA) is 134 Å². The molecule has 182 valence electrons.